The van der Waals surface area contributed by atoms with E-state index in [4.69, 9.17) is 23.2 Å². The third kappa shape index (κ3) is 4.18. The highest BCUT2D eigenvalue weighted by Gasteiger charge is 2.23. The lowest BCUT2D eigenvalue weighted by Gasteiger charge is -2.26. The number of amides is 1. The number of hydrogen-bond donors (Lipinski definition) is 0. The van der Waals surface area contributed by atoms with Gasteiger partial charge in [-0.25, -0.2) is 13.5 Å². The zero-order valence-corrected chi connectivity index (χ0v) is 17.4. The van der Waals surface area contributed by atoms with Crippen molar-refractivity contribution in [1.82, 2.24) is 19.9 Å². The highest BCUT2D eigenvalue weighted by atomic mass is 35.5. The maximum atomic E-state index is 13.7. The standard InChI is InChI=1S/C21H18Cl2F2N4O/c22-15-10-13(4-6-17(15)24)20-21(14-5-7-18(25)16(23)11-14)29(27-26-20)12-19(30)28-8-2-1-3-9-28/h4-7,10-11H,1-3,8-9,12H2. The third-order valence-electron chi connectivity index (χ3n) is 5.11. The molecule has 30 heavy (non-hydrogen) atoms. The molecule has 0 spiro atoms. The largest absolute Gasteiger partial charge is 0.341 e. The molecule has 1 aromatic heterocycles. The number of nitrogens with zero attached hydrogens (tertiary/aromatic N) is 4. The fourth-order valence-electron chi connectivity index (χ4n) is 3.56. The average molecular weight is 451 g/mol. The van der Waals surface area contributed by atoms with Crippen molar-refractivity contribution in [2.24, 2.45) is 0 Å². The molecular weight excluding hydrogens is 433 g/mol. The van der Waals surface area contributed by atoms with Gasteiger partial charge in [-0.05, 0) is 55.7 Å². The number of piperidine rings is 1. The summed E-state index contributed by atoms with van der Waals surface area (Å²) in [5.41, 5.74) is 1.93. The molecule has 0 N–H and O–H groups in total. The van der Waals surface area contributed by atoms with Crippen molar-refractivity contribution < 1.29 is 13.6 Å². The first-order chi connectivity index (χ1) is 14.4. The molecule has 1 fully saturated rings. The number of aromatic nitrogens is 3. The van der Waals surface area contributed by atoms with Crippen LogP contribution in [0.3, 0.4) is 0 Å². The Morgan fingerprint density at radius 2 is 1.53 bits per heavy atom. The molecule has 9 heteroatoms. The highest BCUT2D eigenvalue weighted by molar-refractivity contribution is 6.31. The van der Waals surface area contributed by atoms with Gasteiger partial charge >= 0.3 is 0 Å². The van der Waals surface area contributed by atoms with Crippen LogP contribution in [-0.4, -0.2) is 38.9 Å². The lowest BCUT2D eigenvalue weighted by atomic mass is 10.0. The molecule has 1 saturated heterocycles. The molecule has 0 saturated carbocycles. The third-order valence-corrected chi connectivity index (χ3v) is 5.69. The van der Waals surface area contributed by atoms with Gasteiger partial charge in [0.05, 0.1) is 15.7 Å². The fourth-order valence-corrected chi connectivity index (χ4v) is 3.92. The summed E-state index contributed by atoms with van der Waals surface area (Å²) in [5.74, 6) is -1.19. The Hall–Kier alpha value is -2.51. The lowest BCUT2D eigenvalue weighted by Crippen LogP contribution is -2.38. The van der Waals surface area contributed by atoms with Gasteiger partial charge in [0.25, 0.3) is 0 Å². The van der Waals surface area contributed by atoms with Crippen LogP contribution < -0.4 is 0 Å². The second-order valence-electron chi connectivity index (χ2n) is 7.14. The van der Waals surface area contributed by atoms with Gasteiger partial charge in [-0.15, -0.1) is 5.10 Å². The van der Waals surface area contributed by atoms with Gasteiger partial charge in [-0.2, -0.15) is 0 Å². The molecule has 0 atom stereocenters. The Balaban J connectivity index is 1.77. The smallest absolute Gasteiger partial charge is 0.244 e. The first-order valence-electron chi connectivity index (χ1n) is 9.56. The van der Waals surface area contributed by atoms with E-state index < -0.39 is 11.6 Å². The molecule has 1 aliphatic heterocycles. The first-order valence-corrected chi connectivity index (χ1v) is 10.3. The van der Waals surface area contributed by atoms with Crippen LogP contribution >= 0.6 is 23.2 Å². The molecular formula is C21H18Cl2F2N4O. The van der Waals surface area contributed by atoms with Crippen molar-refractivity contribution in [2.45, 2.75) is 25.8 Å². The monoisotopic (exact) mass is 450 g/mol. The van der Waals surface area contributed by atoms with Gasteiger partial charge in [-0.3, -0.25) is 4.79 Å². The molecule has 0 aliphatic carbocycles. The van der Waals surface area contributed by atoms with Crippen LogP contribution in [0.2, 0.25) is 10.0 Å². The minimum atomic E-state index is -0.560. The van der Waals surface area contributed by atoms with E-state index in [2.05, 4.69) is 10.3 Å². The van der Waals surface area contributed by atoms with Gasteiger partial charge < -0.3 is 4.90 Å². The zero-order chi connectivity index (χ0) is 21.3. The van der Waals surface area contributed by atoms with Crippen molar-refractivity contribution in [3.8, 4) is 22.5 Å². The van der Waals surface area contributed by atoms with Crippen molar-refractivity contribution in [2.75, 3.05) is 13.1 Å². The Morgan fingerprint density at radius 1 is 0.933 bits per heavy atom. The van der Waals surface area contributed by atoms with Crippen molar-refractivity contribution >= 4 is 29.1 Å². The van der Waals surface area contributed by atoms with E-state index in [9.17, 15) is 13.6 Å². The predicted octanol–water partition coefficient (Wildman–Crippen LogP) is 5.21. The number of hydrogen-bond acceptors (Lipinski definition) is 3. The Morgan fingerprint density at radius 3 is 2.17 bits per heavy atom. The number of benzene rings is 2. The Kier molecular flexibility index (Phi) is 6.01. The average Bonchev–Trinajstić information content (AvgIpc) is 3.16. The minimum Gasteiger partial charge on any atom is -0.341 e. The molecule has 2 aromatic carbocycles. The van der Waals surface area contributed by atoms with Gasteiger partial charge in [0.2, 0.25) is 5.91 Å². The Labute approximate surface area is 182 Å². The van der Waals surface area contributed by atoms with Crippen LogP contribution in [0, 0.1) is 11.6 Å². The van der Waals surface area contributed by atoms with Crippen molar-refractivity contribution in [3.63, 3.8) is 0 Å². The van der Waals surface area contributed by atoms with E-state index >= 15 is 0 Å². The number of halogens is 4. The summed E-state index contributed by atoms with van der Waals surface area (Å²) in [5, 5.41) is 8.24. The Bertz CT molecular complexity index is 1100. The first kappa shape index (κ1) is 20.8. The number of likely N-dealkylation sites (tertiary alicyclic amines) is 1. The van der Waals surface area contributed by atoms with E-state index in [0.29, 0.717) is 35.6 Å². The van der Waals surface area contributed by atoms with Gasteiger partial charge in [0, 0.05) is 24.2 Å². The highest BCUT2D eigenvalue weighted by Crippen LogP contribution is 2.34. The number of carbonyl (C=O) groups excluding carboxylic acids is 1. The molecule has 3 aromatic rings. The lowest BCUT2D eigenvalue weighted by molar-refractivity contribution is -0.132. The molecule has 4 rings (SSSR count). The minimum absolute atomic E-state index is 0.0216. The summed E-state index contributed by atoms with van der Waals surface area (Å²) >= 11 is 11.9. The summed E-state index contributed by atoms with van der Waals surface area (Å²) in [6.45, 7) is 1.41. The molecule has 1 amide bonds. The van der Waals surface area contributed by atoms with Crippen molar-refractivity contribution in [3.05, 3.63) is 58.1 Å². The van der Waals surface area contributed by atoms with E-state index in [1.807, 2.05) is 0 Å². The summed E-state index contributed by atoms with van der Waals surface area (Å²) in [4.78, 5) is 14.6. The van der Waals surface area contributed by atoms with Gasteiger partial charge in [0.1, 0.15) is 23.9 Å². The summed E-state index contributed by atoms with van der Waals surface area (Å²) in [6, 6.07) is 8.42. The summed E-state index contributed by atoms with van der Waals surface area (Å²) in [6.07, 6.45) is 3.06. The second-order valence-corrected chi connectivity index (χ2v) is 7.96. The summed E-state index contributed by atoms with van der Waals surface area (Å²) < 4.78 is 28.8. The van der Waals surface area contributed by atoms with E-state index in [0.717, 1.165) is 19.3 Å². The van der Waals surface area contributed by atoms with Gasteiger partial charge in [-0.1, -0.05) is 28.4 Å². The molecule has 5 nitrogen and oxygen atoms in total. The maximum absolute atomic E-state index is 13.7. The maximum Gasteiger partial charge on any atom is 0.244 e. The molecule has 0 bridgehead atoms. The second kappa shape index (κ2) is 8.70. The molecule has 0 radical (unpaired) electrons. The van der Waals surface area contributed by atoms with Crippen LogP contribution in [0.5, 0.6) is 0 Å². The van der Waals surface area contributed by atoms with Gasteiger partial charge in [0.15, 0.2) is 0 Å². The quantitative estimate of drug-likeness (QED) is 0.548. The van der Waals surface area contributed by atoms with E-state index in [-0.39, 0.29) is 22.5 Å². The SMILES string of the molecule is O=C(Cn1nnc(-c2ccc(F)c(Cl)c2)c1-c1ccc(F)c(Cl)c1)N1CCCCC1. The van der Waals surface area contributed by atoms with Crippen LogP contribution in [0.25, 0.3) is 22.5 Å². The zero-order valence-electron chi connectivity index (χ0n) is 15.9. The van der Waals surface area contributed by atoms with Crippen LogP contribution in [-0.2, 0) is 11.3 Å². The normalized spacial score (nSPS) is 14.2. The molecule has 0 unspecified atom stereocenters. The molecule has 1 aliphatic rings. The number of carbonyl (C=O) groups is 1. The van der Waals surface area contributed by atoms with Crippen LogP contribution in [0.1, 0.15) is 19.3 Å². The molecule has 2 heterocycles. The van der Waals surface area contributed by atoms with E-state index in [1.54, 1.807) is 4.90 Å². The topological polar surface area (TPSA) is 51.0 Å². The predicted molar refractivity (Wildman–Crippen MR) is 111 cm³/mol. The van der Waals surface area contributed by atoms with Crippen molar-refractivity contribution in [1.29, 1.82) is 0 Å². The summed E-state index contributed by atoms with van der Waals surface area (Å²) in [7, 11) is 0. The van der Waals surface area contributed by atoms with E-state index in [1.165, 1.54) is 41.1 Å². The van der Waals surface area contributed by atoms with Crippen LogP contribution in [0.4, 0.5) is 8.78 Å². The fraction of sp³-hybridized carbons (Fsp3) is 0.286. The molecule has 156 valence electrons. The van der Waals surface area contributed by atoms with Crippen LogP contribution in [0.15, 0.2) is 36.4 Å². The number of rotatable bonds is 4.